The quantitative estimate of drug-likeness (QED) is 0.161. The van der Waals surface area contributed by atoms with Gasteiger partial charge in [-0.1, -0.05) is 176 Å². The van der Waals surface area contributed by atoms with Crippen LogP contribution < -0.4 is 0 Å². The standard InChI is InChI=1S/C58H36N4O/c1-4-11-37(12-5-1)39-19-21-41(22-20-39)55-60-56(49-29-26-44-33-43(23-24-46(44)35-49)38-13-6-2-7-14-38)62-57(61-55)50-30-27-45-34-48(28-25-47(45)36-50)51-18-10-17-40-31-32-52-54(53(40)51)63-58(59-52)42-15-8-3-9-16-42/h1-36H. The van der Waals surface area contributed by atoms with Gasteiger partial charge in [-0.3, -0.25) is 0 Å². The highest BCUT2D eigenvalue weighted by atomic mass is 16.3. The first-order valence-electron chi connectivity index (χ1n) is 21.1. The summed E-state index contributed by atoms with van der Waals surface area (Å²) in [5.41, 5.74) is 12.2. The van der Waals surface area contributed by atoms with Gasteiger partial charge in [0.15, 0.2) is 23.1 Å². The molecule has 294 valence electrons. The van der Waals surface area contributed by atoms with Crippen molar-refractivity contribution in [1.29, 1.82) is 0 Å². The molecule has 0 bridgehead atoms. The van der Waals surface area contributed by atoms with E-state index in [-0.39, 0.29) is 0 Å². The Labute approximate surface area is 363 Å². The molecule has 2 aromatic heterocycles. The van der Waals surface area contributed by atoms with Crippen LogP contribution in [0.2, 0.25) is 0 Å². The molecule has 10 aromatic carbocycles. The Morgan fingerprint density at radius 2 is 0.698 bits per heavy atom. The molecule has 5 nitrogen and oxygen atoms in total. The zero-order valence-corrected chi connectivity index (χ0v) is 34.0. The average molecular weight is 805 g/mol. The number of hydrogen-bond donors (Lipinski definition) is 0. The zero-order chi connectivity index (χ0) is 41.7. The van der Waals surface area contributed by atoms with Crippen LogP contribution in [0, 0.1) is 0 Å². The normalized spacial score (nSPS) is 11.5. The fourth-order valence-corrected chi connectivity index (χ4v) is 8.65. The monoisotopic (exact) mass is 804 g/mol. The van der Waals surface area contributed by atoms with E-state index >= 15 is 0 Å². The van der Waals surface area contributed by atoms with Crippen molar-refractivity contribution in [2.24, 2.45) is 0 Å². The van der Waals surface area contributed by atoms with E-state index in [1.54, 1.807) is 0 Å². The second-order valence-electron chi connectivity index (χ2n) is 15.9. The van der Waals surface area contributed by atoms with Gasteiger partial charge in [0.1, 0.15) is 5.52 Å². The maximum atomic E-state index is 6.50. The molecule has 0 aliphatic rings. The van der Waals surface area contributed by atoms with Crippen LogP contribution >= 0.6 is 0 Å². The Hall–Kier alpha value is -8.54. The molecule has 0 aliphatic heterocycles. The summed E-state index contributed by atoms with van der Waals surface area (Å²) in [4.78, 5) is 20.3. The van der Waals surface area contributed by atoms with Crippen LogP contribution in [0.25, 0.3) is 122 Å². The number of nitrogens with zero attached hydrogens (tertiary/aromatic N) is 4. The number of fused-ring (bicyclic) bond motifs is 5. The van der Waals surface area contributed by atoms with Crippen LogP contribution in [0.5, 0.6) is 0 Å². The maximum Gasteiger partial charge on any atom is 0.227 e. The van der Waals surface area contributed by atoms with Gasteiger partial charge in [0, 0.05) is 27.6 Å². The maximum absolute atomic E-state index is 6.50. The smallest absolute Gasteiger partial charge is 0.227 e. The molecule has 2 heterocycles. The van der Waals surface area contributed by atoms with Crippen molar-refractivity contribution in [1.82, 2.24) is 19.9 Å². The molecule has 0 saturated carbocycles. The Balaban J connectivity index is 0.942. The Morgan fingerprint density at radius 3 is 1.30 bits per heavy atom. The number of aromatic nitrogens is 4. The Bertz CT molecular complexity index is 3660. The highest BCUT2D eigenvalue weighted by molar-refractivity contribution is 6.12. The number of benzene rings is 10. The van der Waals surface area contributed by atoms with Gasteiger partial charge in [0.05, 0.1) is 0 Å². The lowest BCUT2D eigenvalue weighted by Crippen LogP contribution is -2.00. The van der Waals surface area contributed by atoms with Gasteiger partial charge in [-0.25, -0.2) is 19.9 Å². The van der Waals surface area contributed by atoms with Crippen LogP contribution in [0.3, 0.4) is 0 Å². The van der Waals surface area contributed by atoms with Gasteiger partial charge in [-0.2, -0.15) is 0 Å². The first-order valence-corrected chi connectivity index (χ1v) is 21.1. The minimum Gasteiger partial charge on any atom is -0.435 e. The number of rotatable bonds is 7. The molecule has 0 saturated heterocycles. The third-order valence-corrected chi connectivity index (χ3v) is 11.9. The van der Waals surface area contributed by atoms with Crippen LogP contribution in [0.4, 0.5) is 0 Å². The summed E-state index contributed by atoms with van der Waals surface area (Å²) in [5.74, 6) is 2.47. The van der Waals surface area contributed by atoms with Crippen LogP contribution in [0.15, 0.2) is 223 Å². The van der Waals surface area contributed by atoms with E-state index in [0.29, 0.717) is 23.4 Å². The van der Waals surface area contributed by atoms with Crippen molar-refractivity contribution < 1.29 is 4.42 Å². The van der Waals surface area contributed by atoms with E-state index < -0.39 is 0 Å². The predicted molar refractivity (Wildman–Crippen MR) is 258 cm³/mol. The lowest BCUT2D eigenvalue weighted by molar-refractivity contribution is 0.623. The van der Waals surface area contributed by atoms with Gasteiger partial charge in [0.25, 0.3) is 0 Å². The van der Waals surface area contributed by atoms with Gasteiger partial charge < -0.3 is 4.42 Å². The van der Waals surface area contributed by atoms with Gasteiger partial charge in [0.2, 0.25) is 5.89 Å². The molecule has 0 radical (unpaired) electrons. The highest BCUT2D eigenvalue weighted by Crippen LogP contribution is 2.38. The van der Waals surface area contributed by atoms with Gasteiger partial charge >= 0.3 is 0 Å². The summed E-state index contributed by atoms with van der Waals surface area (Å²) >= 11 is 0. The summed E-state index contributed by atoms with van der Waals surface area (Å²) in [6.07, 6.45) is 0. The zero-order valence-electron chi connectivity index (χ0n) is 34.0. The van der Waals surface area contributed by atoms with Crippen LogP contribution in [0.1, 0.15) is 0 Å². The van der Waals surface area contributed by atoms with Crippen LogP contribution in [-0.4, -0.2) is 19.9 Å². The summed E-state index contributed by atoms with van der Waals surface area (Å²) in [7, 11) is 0. The molecular formula is C58H36N4O. The molecule has 0 fully saturated rings. The molecule has 0 spiro atoms. The summed E-state index contributed by atoms with van der Waals surface area (Å²) in [6.45, 7) is 0. The van der Waals surface area contributed by atoms with Crippen molar-refractivity contribution in [3.8, 4) is 79.0 Å². The van der Waals surface area contributed by atoms with Gasteiger partial charge in [-0.05, 0) is 103 Å². The SMILES string of the molecule is c1ccc(-c2ccc(-c3nc(-c4ccc5cc(-c6ccccc6)ccc5c4)nc(-c4ccc5cc(-c6cccc7ccc8nc(-c9ccccc9)oc8c67)ccc5c4)n3)cc2)cc1. The molecule has 0 amide bonds. The first-order chi connectivity index (χ1) is 31.2. The first kappa shape index (κ1) is 36.3. The average Bonchev–Trinajstić information content (AvgIpc) is 3.81. The third kappa shape index (κ3) is 6.78. The fourth-order valence-electron chi connectivity index (χ4n) is 8.65. The summed E-state index contributed by atoms with van der Waals surface area (Å²) in [6, 6.07) is 76.1. The van der Waals surface area contributed by atoms with Crippen molar-refractivity contribution >= 4 is 43.4 Å². The van der Waals surface area contributed by atoms with Crippen molar-refractivity contribution in [3.63, 3.8) is 0 Å². The fraction of sp³-hybridized carbons (Fsp3) is 0. The van der Waals surface area contributed by atoms with E-state index in [9.17, 15) is 0 Å². The summed E-state index contributed by atoms with van der Waals surface area (Å²) < 4.78 is 6.50. The molecule has 0 unspecified atom stereocenters. The van der Waals surface area contributed by atoms with E-state index in [2.05, 4.69) is 170 Å². The van der Waals surface area contributed by atoms with Crippen LogP contribution in [-0.2, 0) is 0 Å². The number of oxazole rings is 1. The molecule has 12 rings (SSSR count). The van der Waals surface area contributed by atoms with E-state index in [4.69, 9.17) is 24.4 Å². The topological polar surface area (TPSA) is 64.7 Å². The Kier molecular flexibility index (Phi) is 8.75. The van der Waals surface area contributed by atoms with E-state index in [0.717, 1.165) is 87.9 Å². The number of hydrogen-bond acceptors (Lipinski definition) is 5. The van der Waals surface area contributed by atoms with Crippen molar-refractivity contribution in [3.05, 3.63) is 218 Å². The van der Waals surface area contributed by atoms with Crippen molar-refractivity contribution in [2.45, 2.75) is 0 Å². The largest absolute Gasteiger partial charge is 0.435 e. The Morgan fingerprint density at radius 1 is 0.270 bits per heavy atom. The summed E-state index contributed by atoms with van der Waals surface area (Å²) in [5, 5.41) is 6.63. The molecular weight excluding hydrogens is 769 g/mol. The lowest BCUT2D eigenvalue weighted by atomic mass is 9.95. The van der Waals surface area contributed by atoms with E-state index in [1.807, 2.05) is 48.5 Å². The molecule has 0 aliphatic carbocycles. The third-order valence-electron chi connectivity index (χ3n) is 11.9. The lowest BCUT2D eigenvalue weighted by Gasteiger charge is -2.11. The second-order valence-corrected chi connectivity index (χ2v) is 15.9. The molecule has 5 heteroatoms. The molecule has 0 N–H and O–H groups in total. The predicted octanol–water partition coefficient (Wildman–Crippen LogP) is 15.1. The van der Waals surface area contributed by atoms with Gasteiger partial charge in [-0.15, -0.1) is 0 Å². The highest BCUT2D eigenvalue weighted by Gasteiger charge is 2.17. The second kappa shape index (κ2) is 15.2. The minimum atomic E-state index is 0.614. The molecule has 0 atom stereocenters. The molecule has 12 aromatic rings. The van der Waals surface area contributed by atoms with Crippen molar-refractivity contribution in [2.75, 3.05) is 0 Å². The minimum absolute atomic E-state index is 0.614. The molecule has 63 heavy (non-hydrogen) atoms. The van der Waals surface area contributed by atoms with E-state index in [1.165, 1.54) is 11.1 Å².